The molecule has 0 aliphatic rings. The summed E-state index contributed by atoms with van der Waals surface area (Å²) in [6.45, 7) is 2.14. The Balaban J connectivity index is 2.83. The summed E-state index contributed by atoms with van der Waals surface area (Å²) in [7, 11) is 0. The molecular weight excluding hydrogens is 190 g/mol. The summed E-state index contributed by atoms with van der Waals surface area (Å²) < 4.78 is 4.96. The molecule has 0 fully saturated rings. The SMILES string of the molecule is CCOC(C#N)=CC(=O)c1ccccc1. The van der Waals surface area contributed by atoms with Crippen LogP contribution in [0.15, 0.2) is 42.2 Å². The zero-order valence-corrected chi connectivity index (χ0v) is 8.43. The molecule has 0 aliphatic heterocycles. The van der Waals surface area contributed by atoms with Gasteiger partial charge in [-0.3, -0.25) is 4.79 Å². The van der Waals surface area contributed by atoms with E-state index in [1.807, 2.05) is 12.1 Å². The zero-order chi connectivity index (χ0) is 11.1. The summed E-state index contributed by atoms with van der Waals surface area (Å²) in [4.78, 5) is 11.6. The lowest BCUT2D eigenvalue weighted by molar-refractivity contribution is 0.104. The van der Waals surface area contributed by atoms with Gasteiger partial charge < -0.3 is 4.74 Å². The second-order valence-corrected chi connectivity index (χ2v) is 2.78. The number of nitriles is 1. The Morgan fingerprint density at radius 3 is 2.67 bits per heavy atom. The maximum Gasteiger partial charge on any atom is 0.200 e. The van der Waals surface area contributed by atoms with E-state index in [0.717, 1.165) is 0 Å². The van der Waals surface area contributed by atoms with Crippen LogP contribution in [-0.2, 0) is 4.74 Å². The third-order valence-corrected chi connectivity index (χ3v) is 1.73. The second-order valence-electron chi connectivity index (χ2n) is 2.78. The first-order valence-electron chi connectivity index (χ1n) is 4.62. The summed E-state index contributed by atoms with van der Waals surface area (Å²) in [6.07, 6.45) is 1.21. The lowest BCUT2D eigenvalue weighted by Crippen LogP contribution is -1.98. The lowest BCUT2D eigenvalue weighted by Gasteiger charge is -1.99. The highest BCUT2D eigenvalue weighted by Crippen LogP contribution is 2.04. The third-order valence-electron chi connectivity index (χ3n) is 1.73. The molecule has 0 saturated heterocycles. The van der Waals surface area contributed by atoms with Crippen molar-refractivity contribution >= 4 is 5.78 Å². The average Bonchev–Trinajstić information content (AvgIpc) is 2.29. The predicted octanol–water partition coefficient (Wildman–Crippen LogP) is 2.31. The van der Waals surface area contributed by atoms with Gasteiger partial charge in [0.05, 0.1) is 6.61 Å². The molecule has 0 aromatic heterocycles. The van der Waals surface area contributed by atoms with Crippen molar-refractivity contribution in [3.63, 3.8) is 0 Å². The topological polar surface area (TPSA) is 50.1 Å². The van der Waals surface area contributed by atoms with Crippen LogP contribution in [0.5, 0.6) is 0 Å². The molecule has 3 heteroatoms. The molecule has 0 aliphatic carbocycles. The number of hydrogen-bond donors (Lipinski definition) is 0. The first-order valence-corrected chi connectivity index (χ1v) is 4.62. The molecule has 0 N–H and O–H groups in total. The van der Waals surface area contributed by atoms with Gasteiger partial charge in [0.1, 0.15) is 6.07 Å². The first kappa shape index (κ1) is 11.0. The van der Waals surface area contributed by atoms with E-state index >= 15 is 0 Å². The highest BCUT2D eigenvalue weighted by molar-refractivity contribution is 6.04. The van der Waals surface area contributed by atoms with E-state index in [1.165, 1.54) is 6.08 Å². The Labute approximate surface area is 88.6 Å². The Hall–Kier alpha value is -2.08. The molecule has 76 valence electrons. The zero-order valence-electron chi connectivity index (χ0n) is 8.43. The number of rotatable bonds is 4. The highest BCUT2D eigenvalue weighted by Gasteiger charge is 2.04. The normalized spacial score (nSPS) is 10.5. The van der Waals surface area contributed by atoms with Gasteiger partial charge in [0, 0.05) is 11.6 Å². The molecule has 0 bridgehead atoms. The van der Waals surface area contributed by atoms with E-state index in [2.05, 4.69) is 0 Å². The van der Waals surface area contributed by atoms with Gasteiger partial charge in [-0.25, -0.2) is 0 Å². The van der Waals surface area contributed by atoms with Gasteiger partial charge in [-0.15, -0.1) is 0 Å². The predicted molar refractivity (Wildman–Crippen MR) is 56.1 cm³/mol. The van der Waals surface area contributed by atoms with Crippen LogP contribution in [0, 0.1) is 11.3 Å². The minimum Gasteiger partial charge on any atom is -0.484 e. The molecule has 0 atom stereocenters. The fourth-order valence-corrected chi connectivity index (χ4v) is 1.07. The Bertz CT molecular complexity index is 401. The van der Waals surface area contributed by atoms with Crippen molar-refractivity contribution in [2.75, 3.05) is 6.61 Å². The molecule has 1 aromatic rings. The van der Waals surface area contributed by atoms with E-state index in [-0.39, 0.29) is 11.5 Å². The van der Waals surface area contributed by atoms with Crippen LogP contribution in [-0.4, -0.2) is 12.4 Å². The lowest BCUT2D eigenvalue weighted by atomic mass is 10.1. The number of ether oxygens (including phenoxy) is 1. The van der Waals surface area contributed by atoms with Crippen molar-refractivity contribution in [3.05, 3.63) is 47.7 Å². The molecule has 0 heterocycles. The van der Waals surface area contributed by atoms with Crippen molar-refractivity contribution in [3.8, 4) is 6.07 Å². The van der Waals surface area contributed by atoms with E-state index in [9.17, 15) is 4.79 Å². The standard InChI is InChI=1S/C12H11NO2/c1-2-15-11(9-13)8-12(14)10-6-4-3-5-7-10/h3-8H,2H2,1H3. The number of hydrogen-bond acceptors (Lipinski definition) is 3. The van der Waals surface area contributed by atoms with Crippen LogP contribution in [0.4, 0.5) is 0 Å². The average molecular weight is 201 g/mol. The molecule has 1 aromatic carbocycles. The van der Waals surface area contributed by atoms with Gasteiger partial charge in [0.25, 0.3) is 0 Å². The van der Waals surface area contributed by atoms with Gasteiger partial charge in [0.15, 0.2) is 5.78 Å². The Morgan fingerprint density at radius 2 is 2.13 bits per heavy atom. The smallest absolute Gasteiger partial charge is 0.200 e. The first-order chi connectivity index (χ1) is 7.27. The van der Waals surface area contributed by atoms with Gasteiger partial charge in [-0.2, -0.15) is 5.26 Å². The molecule has 0 unspecified atom stereocenters. The van der Waals surface area contributed by atoms with E-state index in [1.54, 1.807) is 31.2 Å². The Kier molecular flexibility index (Phi) is 4.11. The van der Waals surface area contributed by atoms with Gasteiger partial charge in [-0.05, 0) is 6.92 Å². The second kappa shape index (κ2) is 5.61. The largest absolute Gasteiger partial charge is 0.484 e. The van der Waals surface area contributed by atoms with Crippen LogP contribution in [0.2, 0.25) is 0 Å². The quantitative estimate of drug-likeness (QED) is 0.325. The fourth-order valence-electron chi connectivity index (χ4n) is 1.07. The molecule has 0 radical (unpaired) electrons. The molecule has 1 rings (SSSR count). The summed E-state index contributed by atoms with van der Waals surface area (Å²) in [5.41, 5.74) is 0.546. The van der Waals surface area contributed by atoms with Crippen molar-refractivity contribution < 1.29 is 9.53 Å². The van der Waals surface area contributed by atoms with Crippen LogP contribution in [0.25, 0.3) is 0 Å². The fraction of sp³-hybridized carbons (Fsp3) is 0.167. The molecule has 0 saturated carbocycles. The van der Waals surface area contributed by atoms with Crippen molar-refractivity contribution in [2.24, 2.45) is 0 Å². The van der Waals surface area contributed by atoms with Crippen molar-refractivity contribution in [1.82, 2.24) is 0 Å². The summed E-state index contributed by atoms with van der Waals surface area (Å²) in [6, 6.07) is 10.6. The summed E-state index contributed by atoms with van der Waals surface area (Å²) >= 11 is 0. The summed E-state index contributed by atoms with van der Waals surface area (Å²) in [5.74, 6) is -0.174. The molecule has 0 spiro atoms. The molecule has 0 amide bonds. The van der Waals surface area contributed by atoms with Crippen LogP contribution in [0.3, 0.4) is 0 Å². The van der Waals surface area contributed by atoms with Crippen molar-refractivity contribution in [2.45, 2.75) is 6.92 Å². The number of nitrogens with zero attached hydrogens (tertiary/aromatic N) is 1. The monoisotopic (exact) mass is 201 g/mol. The van der Waals surface area contributed by atoms with E-state index < -0.39 is 0 Å². The van der Waals surface area contributed by atoms with E-state index in [0.29, 0.717) is 12.2 Å². The van der Waals surface area contributed by atoms with Crippen LogP contribution in [0.1, 0.15) is 17.3 Å². The highest BCUT2D eigenvalue weighted by atomic mass is 16.5. The Morgan fingerprint density at radius 1 is 1.47 bits per heavy atom. The van der Waals surface area contributed by atoms with Gasteiger partial charge in [0.2, 0.25) is 5.76 Å². The minimum absolute atomic E-state index is 0.0475. The van der Waals surface area contributed by atoms with Crippen molar-refractivity contribution in [1.29, 1.82) is 5.26 Å². The number of ketones is 1. The summed E-state index contributed by atoms with van der Waals surface area (Å²) in [5, 5.41) is 8.66. The molecular formula is C12H11NO2. The number of allylic oxidation sites excluding steroid dienone is 2. The van der Waals surface area contributed by atoms with E-state index in [4.69, 9.17) is 10.00 Å². The minimum atomic E-state index is -0.222. The van der Waals surface area contributed by atoms with Gasteiger partial charge in [-0.1, -0.05) is 30.3 Å². The van der Waals surface area contributed by atoms with Crippen LogP contribution < -0.4 is 0 Å². The number of carbonyl (C=O) groups is 1. The third kappa shape index (κ3) is 3.28. The maximum atomic E-state index is 11.6. The maximum absolute atomic E-state index is 11.6. The van der Waals surface area contributed by atoms with Gasteiger partial charge >= 0.3 is 0 Å². The number of carbonyl (C=O) groups excluding carboxylic acids is 1. The van der Waals surface area contributed by atoms with Crippen LogP contribution >= 0.6 is 0 Å². The molecule has 3 nitrogen and oxygen atoms in total. The molecule has 15 heavy (non-hydrogen) atoms. The number of benzene rings is 1.